The summed E-state index contributed by atoms with van der Waals surface area (Å²) in [4.78, 5) is 23.6. The Labute approximate surface area is 250 Å². The molecule has 0 radical (unpaired) electrons. The molecule has 0 aliphatic carbocycles. The minimum absolute atomic E-state index is 0.00950. The van der Waals surface area contributed by atoms with Gasteiger partial charge in [-0.15, -0.1) is 0 Å². The highest BCUT2D eigenvalue weighted by molar-refractivity contribution is 7.89. The largest absolute Gasteiger partial charge is 0.385 e. The highest BCUT2D eigenvalue weighted by Crippen LogP contribution is 2.25. The summed E-state index contributed by atoms with van der Waals surface area (Å²) < 4.78 is 60.0. The first-order valence-electron chi connectivity index (χ1n) is 13.5. The lowest BCUT2D eigenvalue weighted by Gasteiger charge is -2.34. The first-order chi connectivity index (χ1) is 20.6. The van der Waals surface area contributed by atoms with Gasteiger partial charge in [-0.05, 0) is 49.4 Å². The van der Waals surface area contributed by atoms with Crippen molar-refractivity contribution in [3.05, 3.63) is 71.5 Å². The van der Waals surface area contributed by atoms with E-state index in [1.165, 1.54) is 45.0 Å². The number of aryl methyl sites for hydroxylation is 1. The minimum Gasteiger partial charge on any atom is -0.370 e. The van der Waals surface area contributed by atoms with Crippen molar-refractivity contribution in [1.29, 1.82) is 5.26 Å². The Hall–Kier alpha value is -4.14. The maximum absolute atomic E-state index is 13.3. The summed E-state index contributed by atoms with van der Waals surface area (Å²) in [5.74, 6) is -0.338. The Bertz CT molecular complexity index is 1750. The Morgan fingerprint density at radius 2 is 1.60 bits per heavy atom. The first-order valence-corrected chi connectivity index (χ1v) is 16.3. The predicted octanol–water partition coefficient (Wildman–Crippen LogP) is 0.949. The van der Waals surface area contributed by atoms with Crippen LogP contribution >= 0.6 is 0 Å². The fourth-order valence-electron chi connectivity index (χ4n) is 4.70. The van der Waals surface area contributed by atoms with Crippen LogP contribution in [0.3, 0.4) is 0 Å². The summed E-state index contributed by atoms with van der Waals surface area (Å²) in [6.45, 7) is 4.39. The number of rotatable bonds is 8. The van der Waals surface area contributed by atoms with Crippen molar-refractivity contribution in [3.8, 4) is 11.8 Å². The van der Waals surface area contributed by atoms with Crippen LogP contribution in [-0.4, -0.2) is 93.7 Å². The molecule has 3 aromatic rings. The lowest BCUT2D eigenvalue weighted by Crippen LogP contribution is -2.49. The molecule has 0 bridgehead atoms. The number of aromatic nitrogens is 2. The second kappa shape index (κ2) is 12.6. The number of nitrogens with zero attached hydrogens (tertiary/aromatic N) is 6. The van der Waals surface area contributed by atoms with Crippen molar-refractivity contribution in [1.82, 2.24) is 23.9 Å². The average molecular weight is 627 g/mol. The van der Waals surface area contributed by atoms with Crippen molar-refractivity contribution in [2.45, 2.75) is 11.8 Å². The van der Waals surface area contributed by atoms with Gasteiger partial charge in [-0.1, -0.05) is 12.1 Å². The molecule has 16 heteroatoms. The second-order valence-corrected chi connectivity index (χ2v) is 13.3. The molecule has 3 heterocycles. The fourth-order valence-corrected chi connectivity index (χ4v) is 7.23. The van der Waals surface area contributed by atoms with Gasteiger partial charge >= 0.3 is 10.3 Å². The van der Waals surface area contributed by atoms with Crippen LogP contribution in [0.15, 0.2) is 59.5 Å². The van der Waals surface area contributed by atoms with Crippen LogP contribution in [0.1, 0.15) is 21.7 Å². The number of carbonyl (C=O) groups excluding carboxylic acids is 1. The molecular formula is C27H30N8O6S2. The standard InChI is InChI=1S/C27H30N8O6S2/c1-20-18-22(19-28)32-27(30-20)33-14-16-34(17-15-33)42(37,38)23-8-6-21(7-9-23)31-26(36)24-4-2-3-5-25(24)41-43(39,40)35-12-10-29-11-13-35/h2-9,18,29H,10-17H2,1H3,(H,31,36). The maximum atomic E-state index is 13.3. The molecule has 0 saturated carbocycles. The Kier molecular flexibility index (Phi) is 8.89. The number of anilines is 2. The van der Waals surface area contributed by atoms with Gasteiger partial charge in [0, 0.05) is 63.7 Å². The third-order valence-electron chi connectivity index (χ3n) is 6.95. The van der Waals surface area contributed by atoms with E-state index in [4.69, 9.17) is 4.18 Å². The van der Waals surface area contributed by atoms with Crippen LogP contribution in [0.4, 0.5) is 11.6 Å². The molecule has 2 aromatic carbocycles. The molecule has 2 aliphatic rings. The van der Waals surface area contributed by atoms with Gasteiger partial charge in [0.2, 0.25) is 16.0 Å². The van der Waals surface area contributed by atoms with Gasteiger partial charge in [0.25, 0.3) is 5.91 Å². The summed E-state index contributed by atoms with van der Waals surface area (Å²) in [5, 5.41) is 14.9. The van der Waals surface area contributed by atoms with Gasteiger partial charge in [-0.3, -0.25) is 4.79 Å². The van der Waals surface area contributed by atoms with Crippen LogP contribution < -0.4 is 19.7 Å². The minimum atomic E-state index is -4.10. The number of piperazine rings is 2. The van der Waals surface area contributed by atoms with E-state index in [0.717, 1.165) is 0 Å². The van der Waals surface area contributed by atoms with E-state index >= 15 is 0 Å². The van der Waals surface area contributed by atoms with Crippen LogP contribution in [-0.2, 0) is 20.3 Å². The number of amides is 1. The van der Waals surface area contributed by atoms with Gasteiger partial charge in [-0.2, -0.15) is 22.3 Å². The SMILES string of the molecule is Cc1cc(C#N)nc(N2CCN(S(=O)(=O)c3ccc(NC(=O)c4ccccc4OS(=O)(=O)N4CCNCC4)cc3)CC2)n1. The molecule has 2 saturated heterocycles. The Balaban J connectivity index is 1.23. The molecule has 226 valence electrons. The predicted molar refractivity (Wildman–Crippen MR) is 157 cm³/mol. The molecule has 0 unspecified atom stereocenters. The molecule has 1 amide bonds. The summed E-state index contributed by atoms with van der Waals surface area (Å²) in [5.41, 5.74) is 1.23. The lowest BCUT2D eigenvalue weighted by atomic mass is 10.2. The maximum Gasteiger partial charge on any atom is 0.385 e. The van der Waals surface area contributed by atoms with Gasteiger partial charge in [0.15, 0.2) is 5.75 Å². The second-order valence-electron chi connectivity index (χ2n) is 9.86. The monoisotopic (exact) mass is 626 g/mol. The lowest BCUT2D eigenvalue weighted by molar-refractivity contribution is 0.102. The number of para-hydroxylation sites is 1. The summed E-state index contributed by atoms with van der Waals surface area (Å²) >= 11 is 0. The number of hydrogen-bond donors (Lipinski definition) is 2. The van der Waals surface area contributed by atoms with Gasteiger partial charge in [-0.25, -0.2) is 18.4 Å². The molecule has 0 atom stereocenters. The number of nitriles is 1. The molecule has 1 aromatic heterocycles. The topological polar surface area (TPSA) is 178 Å². The summed E-state index contributed by atoms with van der Waals surface area (Å²) in [7, 11) is -7.92. The quantitative estimate of drug-likeness (QED) is 0.364. The van der Waals surface area contributed by atoms with Gasteiger partial charge in [0.05, 0.1) is 10.5 Å². The molecule has 5 rings (SSSR count). The smallest absolute Gasteiger partial charge is 0.370 e. The molecule has 2 aliphatic heterocycles. The van der Waals surface area contributed by atoms with Crippen molar-refractivity contribution in [3.63, 3.8) is 0 Å². The highest BCUT2D eigenvalue weighted by Gasteiger charge is 2.30. The van der Waals surface area contributed by atoms with E-state index in [2.05, 4.69) is 20.6 Å². The highest BCUT2D eigenvalue weighted by atomic mass is 32.2. The van der Waals surface area contributed by atoms with Crippen LogP contribution in [0.2, 0.25) is 0 Å². The van der Waals surface area contributed by atoms with Crippen LogP contribution in [0, 0.1) is 18.3 Å². The molecule has 14 nitrogen and oxygen atoms in total. The van der Waals surface area contributed by atoms with Crippen molar-refractivity contribution >= 4 is 37.9 Å². The van der Waals surface area contributed by atoms with Crippen LogP contribution in [0.25, 0.3) is 0 Å². The number of nitrogens with one attached hydrogen (secondary N) is 2. The summed E-state index contributed by atoms with van der Waals surface area (Å²) in [6, 6.07) is 15.3. The number of carbonyl (C=O) groups is 1. The molecule has 0 spiro atoms. The van der Waals surface area contributed by atoms with Crippen molar-refractivity contribution in [2.24, 2.45) is 0 Å². The molecule has 43 heavy (non-hydrogen) atoms. The van der Waals surface area contributed by atoms with E-state index in [0.29, 0.717) is 43.5 Å². The molecule has 2 fully saturated rings. The zero-order valence-corrected chi connectivity index (χ0v) is 24.9. The third-order valence-corrected chi connectivity index (χ3v) is 10.2. The van der Waals surface area contributed by atoms with E-state index in [1.807, 2.05) is 11.0 Å². The van der Waals surface area contributed by atoms with E-state index < -0.39 is 26.2 Å². The number of benzene rings is 2. The Morgan fingerprint density at radius 3 is 2.28 bits per heavy atom. The van der Waals surface area contributed by atoms with E-state index in [-0.39, 0.29) is 48.1 Å². The molecule has 2 N–H and O–H groups in total. The summed E-state index contributed by atoms with van der Waals surface area (Å²) in [6.07, 6.45) is 0. The third kappa shape index (κ3) is 6.92. The van der Waals surface area contributed by atoms with Gasteiger partial charge < -0.3 is 19.7 Å². The number of hydrogen-bond acceptors (Lipinski definition) is 11. The fraction of sp³-hybridized carbons (Fsp3) is 0.333. The van der Waals surface area contributed by atoms with E-state index in [9.17, 15) is 26.9 Å². The van der Waals surface area contributed by atoms with Gasteiger partial charge in [0.1, 0.15) is 11.8 Å². The van der Waals surface area contributed by atoms with Crippen molar-refractivity contribution < 1.29 is 25.8 Å². The number of sulfonamides is 1. The zero-order chi connectivity index (χ0) is 30.6. The van der Waals surface area contributed by atoms with Crippen molar-refractivity contribution in [2.75, 3.05) is 62.6 Å². The zero-order valence-electron chi connectivity index (χ0n) is 23.3. The Morgan fingerprint density at radius 1 is 0.930 bits per heavy atom. The van der Waals surface area contributed by atoms with Crippen LogP contribution in [0.5, 0.6) is 5.75 Å². The average Bonchev–Trinajstić information content (AvgIpc) is 3.01. The first kappa shape index (κ1) is 30.3. The normalized spacial score (nSPS) is 16.8. The molecular weight excluding hydrogens is 596 g/mol. The van der Waals surface area contributed by atoms with E-state index in [1.54, 1.807) is 25.1 Å².